The predicted molar refractivity (Wildman–Crippen MR) is 79.4 cm³/mol. The molecular formula is C16H23N3. The Bertz CT molecular complexity index is 552. The van der Waals surface area contributed by atoms with E-state index in [0.717, 1.165) is 12.1 Å². The first-order valence-electron chi connectivity index (χ1n) is 6.75. The van der Waals surface area contributed by atoms with Gasteiger partial charge in [0.1, 0.15) is 0 Å². The molecule has 0 saturated heterocycles. The minimum atomic E-state index is 0.335. The average molecular weight is 257 g/mol. The summed E-state index contributed by atoms with van der Waals surface area (Å²) in [6.45, 7) is 6.34. The van der Waals surface area contributed by atoms with E-state index in [1.54, 1.807) is 0 Å². The summed E-state index contributed by atoms with van der Waals surface area (Å²) in [7, 11) is 4.03. The van der Waals surface area contributed by atoms with Gasteiger partial charge in [-0.05, 0) is 45.4 Å². The van der Waals surface area contributed by atoms with Crippen LogP contribution in [0.4, 0.5) is 0 Å². The average Bonchev–Trinajstić information content (AvgIpc) is 2.63. The summed E-state index contributed by atoms with van der Waals surface area (Å²) in [5.74, 6) is 0. The molecule has 1 N–H and O–H groups in total. The third kappa shape index (κ3) is 2.87. The van der Waals surface area contributed by atoms with Crippen molar-refractivity contribution in [1.82, 2.24) is 15.1 Å². The maximum absolute atomic E-state index is 4.49. The van der Waals surface area contributed by atoms with Gasteiger partial charge in [-0.25, -0.2) is 0 Å². The summed E-state index contributed by atoms with van der Waals surface area (Å²) < 4.78 is 1.96. The Labute approximate surface area is 115 Å². The van der Waals surface area contributed by atoms with E-state index in [1.807, 2.05) is 18.8 Å². The largest absolute Gasteiger partial charge is 0.313 e. The Morgan fingerprint density at radius 3 is 2.26 bits per heavy atom. The van der Waals surface area contributed by atoms with E-state index < -0.39 is 0 Å². The smallest absolute Gasteiger partial charge is 0.0629 e. The molecule has 19 heavy (non-hydrogen) atoms. The fourth-order valence-electron chi connectivity index (χ4n) is 2.50. The molecule has 0 fully saturated rings. The summed E-state index contributed by atoms with van der Waals surface area (Å²) in [5, 5.41) is 7.91. The van der Waals surface area contributed by atoms with Crippen LogP contribution in [0.3, 0.4) is 0 Å². The number of rotatable bonds is 4. The summed E-state index contributed by atoms with van der Waals surface area (Å²) in [4.78, 5) is 0. The number of hydrogen-bond donors (Lipinski definition) is 1. The third-order valence-electron chi connectivity index (χ3n) is 3.90. The Balaban J connectivity index is 2.26. The van der Waals surface area contributed by atoms with Gasteiger partial charge in [-0.3, -0.25) is 4.68 Å². The molecule has 102 valence electrons. The molecular weight excluding hydrogens is 234 g/mol. The topological polar surface area (TPSA) is 29.9 Å². The second kappa shape index (κ2) is 5.57. The Morgan fingerprint density at radius 2 is 1.79 bits per heavy atom. The number of benzene rings is 1. The Morgan fingerprint density at radius 1 is 1.16 bits per heavy atom. The number of hydrogen-bond acceptors (Lipinski definition) is 2. The second-order valence-corrected chi connectivity index (χ2v) is 5.23. The van der Waals surface area contributed by atoms with Crippen LogP contribution in [0.5, 0.6) is 0 Å². The van der Waals surface area contributed by atoms with Crippen molar-refractivity contribution in [1.29, 1.82) is 0 Å². The van der Waals surface area contributed by atoms with Gasteiger partial charge in [0.05, 0.1) is 5.69 Å². The highest BCUT2D eigenvalue weighted by molar-refractivity contribution is 5.30. The lowest BCUT2D eigenvalue weighted by Crippen LogP contribution is -2.19. The first kappa shape index (κ1) is 13.8. The lowest BCUT2D eigenvalue weighted by molar-refractivity contribution is 0.588. The van der Waals surface area contributed by atoms with Crippen molar-refractivity contribution < 1.29 is 0 Å². The SMILES string of the molecule is CNC(Cc1c(C)nn(C)c1C)c1ccc(C)cc1. The minimum Gasteiger partial charge on any atom is -0.313 e. The van der Waals surface area contributed by atoms with E-state index >= 15 is 0 Å². The number of aryl methyl sites for hydroxylation is 3. The van der Waals surface area contributed by atoms with Crippen molar-refractivity contribution in [2.45, 2.75) is 33.2 Å². The molecule has 1 unspecified atom stereocenters. The van der Waals surface area contributed by atoms with Crippen LogP contribution in [-0.4, -0.2) is 16.8 Å². The summed E-state index contributed by atoms with van der Waals surface area (Å²) in [5.41, 5.74) is 6.36. The van der Waals surface area contributed by atoms with E-state index in [9.17, 15) is 0 Å². The molecule has 0 amide bonds. The molecule has 0 saturated carbocycles. The number of aromatic nitrogens is 2. The van der Waals surface area contributed by atoms with Crippen LogP contribution < -0.4 is 5.32 Å². The van der Waals surface area contributed by atoms with E-state index in [0.29, 0.717) is 6.04 Å². The minimum absolute atomic E-state index is 0.335. The molecule has 1 heterocycles. The number of nitrogens with zero attached hydrogens (tertiary/aromatic N) is 2. The molecule has 1 aromatic heterocycles. The third-order valence-corrected chi connectivity index (χ3v) is 3.90. The maximum atomic E-state index is 4.49. The molecule has 3 heteroatoms. The molecule has 1 aromatic carbocycles. The van der Waals surface area contributed by atoms with Gasteiger partial charge in [0, 0.05) is 18.8 Å². The van der Waals surface area contributed by atoms with E-state index in [1.165, 1.54) is 22.4 Å². The summed E-state index contributed by atoms with van der Waals surface area (Å²) in [6.07, 6.45) is 0.977. The van der Waals surface area contributed by atoms with Crippen LogP contribution in [0, 0.1) is 20.8 Å². The monoisotopic (exact) mass is 257 g/mol. The zero-order chi connectivity index (χ0) is 14.0. The Kier molecular flexibility index (Phi) is 4.05. The standard InChI is InChI=1S/C16H23N3/c1-11-6-8-14(9-7-11)16(17-4)10-15-12(2)18-19(5)13(15)3/h6-9,16-17H,10H2,1-5H3. The molecule has 0 aliphatic rings. The van der Waals surface area contributed by atoms with E-state index in [-0.39, 0.29) is 0 Å². The fourth-order valence-corrected chi connectivity index (χ4v) is 2.50. The van der Waals surface area contributed by atoms with E-state index in [4.69, 9.17) is 0 Å². The van der Waals surface area contributed by atoms with Gasteiger partial charge in [0.15, 0.2) is 0 Å². The highest BCUT2D eigenvalue weighted by Crippen LogP contribution is 2.22. The Hall–Kier alpha value is -1.61. The van der Waals surface area contributed by atoms with Gasteiger partial charge in [0.2, 0.25) is 0 Å². The quantitative estimate of drug-likeness (QED) is 0.912. The summed E-state index contributed by atoms with van der Waals surface area (Å²) >= 11 is 0. The molecule has 0 radical (unpaired) electrons. The van der Waals surface area contributed by atoms with Crippen molar-refractivity contribution in [2.24, 2.45) is 7.05 Å². The van der Waals surface area contributed by atoms with Crippen LogP contribution in [0.2, 0.25) is 0 Å². The molecule has 0 bridgehead atoms. The first-order valence-corrected chi connectivity index (χ1v) is 6.75. The molecule has 0 aliphatic carbocycles. The zero-order valence-electron chi connectivity index (χ0n) is 12.5. The first-order chi connectivity index (χ1) is 9.02. The normalized spacial score (nSPS) is 12.7. The molecule has 1 atom stereocenters. The zero-order valence-corrected chi connectivity index (χ0v) is 12.5. The van der Waals surface area contributed by atoms with Gasteiger partial charge in [-0.15, -0.1) is 0 Å². The maximum Gasteiger partial charge on any atom is 0.0629 e. The second-order valence-electron chi connectivity index (χ2n) is 5.23. The molecule has 3 nitrogen and oxygen atoms in total. The van der Waals surface area contributed by atoms with Crippen LogP contribution >= 0.6 is 0 Å². The molecule has 0 spiro atoms. The molecule has 2 aromatic rings. The van der Waals surface area contributed by atoms with Gasteiger partial charge in [-0.2, -0.15) is 5.10 Å². The highest BCUT2D eigenvalue weighted by atomic mass is 15.3. The van der Waals surface area contributed by atoms with Gasteiger partial charge in [-0.1, -0.05) is 29.8 Å². The molecule has 0 aliphatic heterocycles. The van der Waals surface area contributed by atoms with Gasteiger partial charge >= 0.3 is 0 Å². The van der Waals surface area contributed by atoms with Crippen LogP contribution in [0.15, 0.2) is 24.3 Å². The van der Waals surface area contributed by atoms with Crippen molar-refractivity contribution >= 4 is 0 Å². The molecule has 2 rings (SSSR count). The fraction of sp³-hybridized carbons (Fsp3) is 0.438. The van der Waals surface area contributed by atoms with Crippen LogP contribution in [-0.2, 0) is 13.5 Å². The number of likely N-dealkylation sites (N-methyl/N-ethyl adjacent to an activating group) is 1. The lowest BCUT2D eigenvalue weighted by Gasteiger charge is -2.17. The highest BCUT2D eigenvalue weighted by Gasteiger charge is 2.16. The number of nitrogens with one attached hydrogen (secondary N) is 1. The van der Waals surface area contributed by atoms with Crippen LogP contribution in [0.25, 0.3) is 0 Å². The van der Waals surface area contributed by atoms with Crippen molar-refractivity contribution in [3.63, 3.8) is 0 Å². The van der Waals surface area contributed by atoms with Crippen LogP contribution in [0.1, 0.15) is 34.1 Å². The van der Waals surface area contributed by atoms with E-state index in [2.05, 4.69) is 55.5 Å². The van der Waals surface area contributed by atoms with Crippen molar-refractivity contribution in [3.05, 3.63) is 52.3 Å². The van der Waals surface area contributed by atoms with Crippen molar-refractivity contribution in [3.8, 4) is 0 Å². The van der Waals surface area contributed by atoms with Crippen molar-refractivity contribution in [2.75, 3.05) is 7.05 Å². The predicted octanol–water partition coefficient (Wildman–Crippen LogP) is 2.85. The lowest BCUT2D eigenvalue weighted by atomic mass is 9.97. The van der Waals surface area contributed by atoms with Gasteiger partial charge < -0.3 is 5.32 Å². The van der Waals surface area contributed by atoms with Gasteiger partial charge in [0.25, 0.3) is 0 Å². The summed E-state index contributed by atoms with van der Waals surface area (Å²) in [6, 6.07) is 9.09.